The van der Waals surface area contributed by atoms with Gasteiger partial charge >= 0.3 is 0 Å². The van der Waals surface area contributed by atoms with Crippen molar-refractivity contribution < 1.29 is 9.90 Å². The van der Waals surface area contributed by atoms with Gasteiger partial charge in [-0.25, -0.2) is 0 Å². The zero-order chi connectivity index (χ0) is 18.1. The molecule has 1 aromatic heterocycles. The van der Waals surface area contributed by atoms with Crippen molar-refractivity contribution in [2.24, 2.45) is 0 Å². The average molecular weight is 360 g/mol. The van der Waals surface area contributed by atoms with Gasteiger partial charge < -0.3 is 14.9 Å². The number of aliphatic hydroxyl groups excluding tert-OH is 1. The summed E-state index contributed by atoms with van der Waals surface area (Å²) in [5.41, 5.74) is 3.00. The number of likely N-dealkylation sites (N-methyl/N-ethyl adjacent to an activating group) is 1. The summed E-state index contributed by atoms with van der Waals surface area (Å²) in [6.07, 6.45) is -0.525. The number of rotatable bonds is 3. The van der Waals surface area contributed by atoms with Gasteiger partial charge in [0.2, 0.25) is 0 Å². The molecule has 0 saturated carbocycles. The lowest BCUT2D eigenvalue weighted by Crippen LogP contribution is -2.38. The molecule has 1 fully saturated rings. The number of carbonyl (C=O) groups excluding carboxylic acids is 1. The first-order valence-electron chi connectivity index (χ1n) is 8.24. The largest absolute Gasteiger partial charge is 0.390 e. The number of likely N-dealkylation sites (tertiary alicyclic amines) is 1. The predicted octanol–water partition coefficient (Wildman–Crippen LogP) is 2.46. The molecule has 0 bridgehead atoms. The van der Waals surface area contributed by atoms with E-state index in [1.165, 1.54) is 0 Å². The van der Waals surface area contributed by atoms with Crippen LogP contribution in [0, 0.1) is 6.92 Å². The Morgan fingerprint density at radius 2 is 2.04 bits per heavy atom. The van der Waals surface area contributed by atoms with Crippen molar-refractivity contribution in [1.29, 1.82) is 0 Å². The summed E-state index contributed by atoms with van der Waals surface area (Å²) in [5, 5.41) is 10.8. The van der Waals surface area contributed by atoms with Crippen LogP contribution in [0.1, 0.15) is 16.1 Å². The summed E-state index contributed by atoms with van der Waals surface area (Å²) >= 11 is 6.04. The van der Waals surface area contributed by atoms with Gasteiger partial charge in [0.15, 0.2) is 0 Å². The monoisotopic (exact) mass is 359 g/mol. The summed E-state index contributed by atoms with van der Waals surface area (Å²) in [7, 11) is 3.83. The van der Waals surface area contributed by atoms with Gasteiger partial charge in [-0.05, 0) is 45.3 Å². The topological polar surface area (TPSA) is 56.7 Å². The van der Waals surface area contributed by atoms with E-state index in [4.69, 9.17) is 11.6 Å². The van der Waals surface area contributed by atoms with Crippen LogP contribution < -0.4 is 0 Å². The molecule has 1 amide bonds. The number of aliphatic hydroxyl groups is 1. The number of aromatic nitrogens is 1. The molecule has 6 heteroatoms. The number of benzene rings is 1. The van der Waals surface area contributed by atoms with Crippen LogP contribution in [0.2, 0.25) is 5.02 Å². The Hall–Kier alpha value is -1.95. The normalized spacial score (nSPS) is 20.3. The lowest BCUT2D eigenvalue weighted by atomic mass is 10.1. The molecule has 3 rings (SSSR count). The highest BCUT2D eigenvalue weighted by molar-refractivity contribution is 6.31. The first-order valence-corrected chi connectivity index (χ1v) is 8.62. The second-order valence-corrected chi connectivity index (χ2v) is 7.06. The van der Waals surface area contributed by atoms with Crippen LogP contribution in [0.25, 0.3) is 11.3 Å². The van der Waals surface area contributed by atoms with E-state index in [-0.39, 0.29) is 11.9 Å². The maximum atomic E-state index is 12.8. The Bertz CT molecular complexity index is 794. The molecule has 0 radical (unpaired) electrons. The van der Waals surface area contributed by atoms with E-state index >= 15 is 0 Å². The molecule has 2 atom stereocenters. The minimum absolute atomic E-state index is 0.0345. The highest BCUT2D eigenvalue weighted by atomic mass is 35.5. The number of hydrogen-bond acceptors (Lipinski definition) is 4. The molecule has 132 valence electrons. The number of pyridine rings is 1. The molecule has 2 heterocycles. The second-order valence-electron chi connectivity index (χ2n) is 6.65. The third kappa shape index (κ3) is 3.68. The van der Waals surface area contributed by atoms with E-state index in [0.717, 1.165) is 17.0 Å². The molecule has 1 aromatic carbocycles. The Kier molecular flexibility index (Phi) is 5.08. The number of nitrogens with zero attached hydrogens (tertiary/aromatic N) is 3. The smallest absolute Gasteiger partial charge is 0.254 e. The van der Waals surface area contributed by atoms with Crippen LogP contribution in [-0.2, 0) is 0 Å². The van der Waals surface area contributed by atoms with Crippen LogP contribution >= 0.6 is 11.6 Å². The molecule has 1 aliphatic heterocycles. The van der Waals surface area contributed by atoms with E-state index in [1.54, 1.807) is 11.0 Å². The number of amides is 1. The van der Waals surface area contributed by atoms with Gasteiger partial charge in [0.05, 0.1) is 28.6 Å². The zero-order valence-corrected chi connectivity index (χ0v) is 15.4. The zero-order valence-electron chi connectivity index (χ0n) is 14.6. The standard InChI is InChI=1S/C19H22ClN3O2/c1-12-15(20)7-8-16(21-12)13-5-4-6-14(9-13)19(25)23-10-17(22(2)3)18(24)11-23/h4-9,17-18,24H,10-11H2,1-3H3/t17-,18-/m0/s1. The van der Waals surface area contributed by atoms with Crippen molar-refractivity contribution in [2.45, 2.75) is 19.1 Å². The van der Waals surface area contributed by atoms with Crippen molar-refractivity contribution >= 4 is 17.5 Å². The minimum atomic E-state index is -0.525. The van der Waals surface area contributed by atoms with Crippen molar-refractivity contribution in [2.75, 3.05) is 27.2 Å². The molecular weight excluding hydrogens is 338 g/mol. The molecule has 5 nitrogen and oxygen atoms in total. The van der Waals surface area contributed by atoms with Crippen molar-refractivity contribution in [1.82, 2.24) is 14.8 Å². The minimum Gasteiger partial charge on any atom is -0.390 e. The Morgan fingerprint density at radius 1 is 1.28 bits per heavy atom. The number of hydrogen-bond donors (Lipinski definition) is 1. The fourth-order valence-corrected chi connectivity index (χ4v) is 3.25. The first kappa shape index (κ1) is 17.9. The Labute approximate surface area is 152 Å². The molecule has 25 heavy (non-hydrogen) atoms. The van der Waals surface area contributed by atoms with Gasteiger partial charge in [0, 0.05) is 24.2 Å². The molecule has 1 aliphatic rings. The van der Waals surface area contributed by atoms with Gasteiger partial charge in [-0.15, -0.1) is 0 Å². The molecule has 0 aliphatic carbocycles. The summed E-state index contributed by atoms with van der Waals surface area (Å²) in [6, 6.07) is 11.0. The van der Waals surface area contributed by atoms with Gasteiger partial charge in [-0.1, -0.05) is 23.7 Å². The van der Waals surface area contributed by atoms with E-state index < -0.39 is 6.10 Å². The van der Waals surface area contributed by atoms with Crippen LogP contribution in [0.4, 0.5) is 0 Å². The number of halogens is 1. The SMILES string of the molecule is Cc1nc(-c2cccc(C(=O)N3C[C@H](O)[C@@H](N(C)C)C3)c2)ccc1Cl. The molecule has 0 spiro atoms. The maximum Gasteiger partial charge on any atom is 0.254 e. The average Bonchev–Trinajstić information content (AvgIpc) is 2.99. The lowest BCUT2D eigenvalue weighted by molar-refractivity contribution is 0.0764. The molecule has 1 saturated heterocycles. The van der Waals surface area contributed by atoms with Gasteiger partial charge in [0.1, 0.15) is 0 Å². The van der Waals surface area contributed by atoms with Crippen molar-refractivity contribution in [3.05, 3.63) is 52.7 Å². The van der Waals surface area contributed by atoms with E-state index in [2.05, 4.69) is 4.98 Å². The molecule has 2 aromatic rings. The summed E-state index contributed by atoms with van der Waals surface area (Å²) in [5.74, 6) is -0.0732. The van der Waals surface area contributed by atoms with E-state index in [1.807, 2.05) is 56.3 Å². The predicted molar refractivity (Wildman–Crippen MR) is 98.8 cm³/mol. The van der Waals surface area contributed by atoms with Crippen LogP contribution in [0.3, 0.4) is 0 Å². The summed E-state index contributed by atoms with van der Waals surface area (Å²) < 4.78 is 0. The summed E-state index contributed by atoms with van der Waals surface area (Å²) in [4.78, 5) is 21.0. The maximum absolute atomic E-state index is 12.8. The van der Waals surface area contributed by atoms with Gasteiger partial charge in [-0.2, -0.15) is 0 Å². The second kappa shape index (κ2) is 7.12. The highest BCUT2D eigenvalue weighted by Crippen LogP contribution is 2.24. The molecular formula is C19H22ClN3O2. The quantitative estimate of drug-likeness (QED) is 0.914. The lowest BCUT2D eigenvalue weighted by Gasteiger charge is -2.21. The van der Waals surface area contributed by atoms with Gasteiger partial charge in [0.25, 0.3) is 5.91 Å². The Balaban J connectivity index is 1.84. The van der Waals surface area contributed by atoms with E-state index in [9.17, 15) is 9.90 Å². The van der Waals surface area contributed by atoms with Crippen LogP contribution in [0.15, 0.2) is 36.4 Å². The van der Waals surface area contributed by atoms with Gasteiger partial charge in [-0.3, -0.25) is 9.78 Å². The van der Waals surface area contributed by atoms with Crippen LogP contribution in [-0.4, -0.2) is 65.1 Å². The molecule has 0 unspecified atom stereocenters. The van der Waals surface area contributed by atoms with E-state index in [0.29, 0.717) is 23.7 Å². The van der Waals surface area contributed by atoms with Crippen LogP contribution in [0.5, 0.6) is 0 Å². The summed E-state index contributed by atoms with van der Waals surface area (Å²) in [6.45, 7) is 2.73. The first-order chi connectivity index (χ1) is 11.9. The highest BCUT2D eigenvalue weighted by Gasteiger charge is 2.35. The fraction of sp³-hybridized carbons (Fsp3) is 0.368. The Morgan fingerprint density at radius 3 is 2.68 bits per heavy atom. The third-order valence-corrected chi connectivity index (χ3v) is 5.04. The number of β-amino-alcohol motifs (C(OH)–C–C–N with tert-alkyl or cyclic N) is 1. The number of carbonyl (C=O) groups is 1. The number of aryl methyl sites for hydroxylation is 1. The molecule has 1 N–H and O–H groups in total. The third-order valence-electron chi connectivity index (χ3n) is 4.64. The van der Waals surface area contributed by atoms with Crippen molar-refractivity contribution in [3.8, 4) is 11.3 Å². The van der Waals surface area contributed by atoms with Crippen molar-refractivity contribution in [3.63, 3.8) is 0 Å². The fourth-order valence-electron chi connectivity index (χ4n) is 3.14.